The molecular weight excluding hydrogens is 264 g/mol. The summed E-state index contributed by atoms with van der Waals surface area (Å²) >= 11 is 0. The van der Waals surface area contributed by atoms with Gasteiger partial charge in [0.2, 0.25) is 0 Å². The Labute approximate surface area is 123 Å². The molecule has 0 aliphatic heterocycles. The lowest BCUT2D eigenvalue weighted by atomic mass is 10.1. The zero-order chi connectivity index (χ0) is 14.8. The van der Waals surface area contributed by atoms with Crippen molar-refractivity contribution in [3.8, 4) is 5.75 Å². The fourth-order valence-corrected chi connectivity index (χ4v) is 2.16. The lowest BCUT2D eigenvalue weighted by Crippen LogP contribution is -2.03. The molecule has 0 aliphatic carbocycles. The average Bonchev–Trinajstić information content (AvgIpc) is 2.91. The van der Waals surface area contributed by atoms with Crippen LogP contribution in [-0.2, 0) is 6.54 Å². The molecule has 5 heteroatoms. The van der Waals surface area contributed by atoms with Crippen LogP contribution in [0.5, 0.6) is 5.75 Å². The number of nitrogens with zero attached hydrogens (tertiary/aromatic N) is 3. The molecule has 0 saturated heterocycles. The predicted molar refractivity (Wildman–Crippen MR) is 82.5 cm³/mol. The molecule has 0 bridgehead atoms. The van der Waals surface area contributed by atoms with Gasteiger partial charge in [-0.25, -0.2) is 9.50 Å². The summed E-state index contributed by atoms with van der Waals surface area (Å²) in [6.45, 7) is 4.90. The van der Waals surface area contributed by atoms with E-state index in [1.807, 2.05) is 22.8 Å². The van der Waals surface area contributed by atoms with Gasteiger partial charge in [-0.05, 0) is 29.7 Å². The molecule has 2 aromatic heterocycles. The van der Waals surface area contributed by atoms with Crippen molar-refractivity contribution in [2.75, 3.05) is 5.32 Å². The van der Waals surface area contributed by atoms with Crippen LogP contribution < -0.4 is 5.32 Å². The molecule has 2 N–H and O–H groups in total. The largest absolute Gasteiger partial charge is 0.508 e. The van der Waals surface area contributed by atoms with E-state index >= 15 is 0 Å². The van der Waals surface area contributed by atoms with E-state index in [1.54, 1.807) is 18.3 Å². The van der Waals surface area contributed by atoms with Crippen LogP contribution in [-0.4, -0.2) is 19.7 Å². The number of phenolic OH excluding ortho intramolecular Hbond substituents is 1. The standard InChI is InChI=1S/C16H18N4O/c1-11(2)14-9-15-16(17-7-8-20(15)19-14)18-10-12-3-5-13(21)6-4-12/h3-9,11,21H,10H2,1-2H3,(H,17,18). The first-order chi connectivity index (χ1) is 10.1. The van der Waals surface area contributed by atoms with Crippen molar-refractivity contribution in [2.24, 2.45) is 0 Å². The molecule has 0 spiro atoms. The summed E-state index contributed by atoms with van der Waals surface area (Å²) in [7, 11) is 0. The first-order valence-corrected chi connectivity index (χ1v) is 6.99. The number of benzene rings is 1. The minimum atomic E-state index is 0.274. The Morgan fingerprint density at radius 2 is 2.00 bits per heavy atom. The van der Waals surface area contributed by atoms with Crippen molar-refractivity contribution in [3.05, 3.63) is 54.0 Å². The fraction of sp³-hybridized carbons (Fsp3) is 0.250. The molecule has 0 atom stereocenters. The highest BCUT2D eigenvalue weighted by molar-refractivity contribution is 5.68. The summed E-state index contributed by atoms with van der Waals surface area (Å²) in [6, 6.07) is 9.20. The Morgan fingerprint density at radius 1 is 1.24 bits per heavy atom. The molecule has 0 saturated carbocycles. The van der Waals surface area contributed by atoms with Crippen LogP contribution in [0.1, 0.15) is 31.0 Å². The maximum absolute atomic E-state index is 9.29. The lowest BCUT2D eigenvalue weighted by molar-refractivity contribution is 0.475. The minimum absolute atomic E-state index is 0.274. The van der Waals surface area contributed by atoms with Crippen molar-refractivity contribution in [1.29, 1.82) is 0 Å². The maximum Gasteiger partial charge on any atom is 0.152 e. The fourth-order valence-electron chi connectivity index (χ4n) is 2.16. The SMILES string of the molecule is CC(C)c1cc2c(NCc3ccc(O)cc3)nccn2n1. The second-order valence-corrected chi connectivity index (χ2v) is 5.35. The Bertz CT molecular complexity index is 747. The number of aromatic hydroxyl groups is 1. The van der Waals surface area contributed by atoms with E-state index in [0.29, 0.717) is 12.5 Å². The highest BCUT2D eigenvalue weighted by atomic mass is 16.3. The number of phenols is 1. The van der Waals surface area contributed by atoms with Gasteiger partial charge in [0, 0.05) is 18.9 Å². The molecule has 0 amide bonds. The number of aromatic nitrogens is 3. The second-order valence-electron chi connectivity index (χ2n) is 5.35. The molecule has 2 heterocycles. The van der Waals surface area contributed by atoms with Crippen LogP contribution in [0.3, 0.4) is 0 Å². The van der Waals surface area contributed by atoms with Crippen molar-refractivity contribution < 1.29 is 5.11 Å². The molecule has 108 valence electrons. The summed E-state index contributed by atoms with van der Waals surface area (Å²) in [4.78, 5) is 4.39. The van der Waals surface area contributed by atoms with E-state index < -0.39 is 0 Å². The predicted octanol–water partition coefficient (Wildman–Crippen LogP) is 3.17. The van der Waals surface area contributed by atoms with Crippen LogP contribution in [0.4, 0.5) is 5.82 Å². The number of rotatable bonds is 4. The Balaban J connectivity index is 1.84. The van der Waals surface area contributed by atoms with E-state index in [1.165, 1.54) is 0 Å². The van der Waals surface area contributed by atoms with Gasteiger partial charge in [0.1, 0.15) is 11.3 Å². The topological polar surface area (TPSA) is 62.5 Å². The third-order valence-electron chi connectivity index (χ3n) is 3.40. The number of fused-ring (bicyclic) bond motifs is 1. The van der Waals surface area contributed by atoms with Gasteiger partial charge in [-0.15, -0.1) is 0 Å². The number of nitrogens with one attached hydrogen (secondary N) is 1. The molecule has 0 aliphatic rings. The quantitative estimate of drug-likeness (QED) is 0.771. The number of hydrogen-bond donors (Lipinski definition) is 2. The van der Waals surface area contributed by atoms with Crippen molar-refractivity contribution in [3.63, 3.8) is 0 Å². The van der Waals surface area contributed by atoms with Crippen LogP contribution >= 0.6 is 0 Å². The normalized spacial score (nSPS) is 11.2. The van der Waals surface area contributed by atoms with Crippen LogP contribution in [0.2, 0.25) is 0 Å². The monoisotopic (exact) mass is 282 g/mol. The van der Waals surface area contributed by atoms with Gasteiger partial charge in [-0.2, -0.15) is 5.10 Å². The zero-order valence-electron chi connectivity index (χ0n) is 12.1. The summed E-state index contributed by atoms with van der Waals surface area (Å²) in [5, 5.41) is 17.2. The first-order valence-electron chi connectivity index (χ1n) is 6.99. The van der Waals surface area contributed by atoms with Gasteiger partial charge in [0.05, 0.1) is 5.69 Å². The minimum Gasteiger partial charge on any atom is -0.508 e. The molecular formula is C16H18N4O. The zero-order valence-corrected chi connectivity index (χ0v) is 12.1. The molecule has 3 aromatic rings. The molecule has 0 unspecified atom stereocenters. The smallest absolute Gasteiger partial charge is 0.152 e. The Hall–Kier alpha value is -2.56. The second kappa shape index (κ2) is 5.44. The maximum atomic E-state index is 9.29. The summed E-state index contributed by atoms with van der Waals surface area (Å²) in [5.74, 6) is 1.47. The Morgan fingerprint density at radius 3 is 2.71 bits per heavy atom. The van der Waals surface area contributed by atoms with Crippen LogP contribution in [0.25, 0.3) is 5.52 Å². The molecule has 0 fully saturated rings. The molecule has 1 aromatic carbocycles. The van der Waals surface area contributed by atoms with E-state index in [9.17, 15) is 5.11 Å². The van der Waals surface area contributed by atoms with Gasteiger partial charge in [0.25, 0.3) is 0 Å². The molecule has 0 radical (unpaired) electrons. The van der Waals surface area contributed by atoms with Crippen molar-refractivity contribution >= 4 is 11.3 Å². The molecule has 5 nitrogen and oxygen atoms in total. The van der Waals surface area contributed by atoms with Crippen molar-refractivity contribution in [1.82, 2.24) is 14.6 Å². The van der Waals surface area contributed by atoms with Gasteiger partial charge >= 0.3 is 0 Å². The average molecular weight is 282 g/mol. The van der Waals surface area contributed by atoms with E-state index in [-0.39, 0.29) is 5.75 Å². The highest BCUT2D eigenvalue weighted by Crippen LogP contribution is 2.20. The van der Waals surface area contributed by atoms with E-state index in [4.69, 9.17) is 0 Å². The summed E-state index contributed by atoms with van der Waals surface area (Å²) in [6.07, 6.45) is 3.59. The third-order valence-corrected chi connectivity index (χ3v) is 3.40. The van der Waals surface area contributed by atoms with Gasteiger partial charge in [0.15, 0.2) is 5.82 Å². The highest BCUT2D eigenvalue weighted by Gasteiger charge is 2.09. The van der Waals surface area contributed by atoms with E-state index in [2.05, 4.69) is 35.3 Å². The van der Waals surface area contributed by atoms with Gasteiger partial charge in [-0.1, -0.05) is 26.0 Å². The lowest BCUT2D eigenvalue weighted by Gasteiger charge is -2.07. The van der Waals surface area contributed by atoms with Gasteiger partial charge < -0.3 is 10.4 Å². The van der Waals surface area contributed by atoms with Crippen molar-refractivity contribution in [2.45, 2.75) is 26.3 Å². The molecule has 21 heavy (non-hydrogen) atoms. The number of anilines is 1. The van der Waals surface area contributed by atoms with Crippen LogP contribution in [0, 0.1) is 0 Å². The van der Waals surface area contributed by atoms with E-state index in [0.717, 1.165) is 22.6 Å². The number of hydrogen-bond acceptors (Lipinski definition) is 4. The Kier molecular flexibility index (Phi) is 3.48. The first kappa shape index (κ1) is 13.4. The summed E-state index contributed by atoms with van der Waals surface area (Å²) < 4.78 is 1.85. The van der Waals surface area contributed by atoms with Crippen LogP contribution in [0.15, 0.2) is 42.7 Å². The summed E-state index contributed by atoms with van der Waals surface area (Å²) in [5.41, 5.74) is 3.11. The third kappa shape index (κ3) is 2.81. The molecule has 3 rings (SSSR count). The van der Waals surface area contributed by atoms with Gasteiger partial charge in [-0.3, -0.25) is 0 Å².